The molecule has 0 spiro atoms. The van der Waals surface area contributed by atoms with Gasteiger partial charge in [-0.25, -0.2) is 4.99 Å². The lowest BCUT2D eigenvalue weighted by molar-refractivity contribution is -0.123. The van der Waals surface area contributed by atoms with Crippen molar-refractivity contribution in [2.45, 2.75) is 25.5 Å². The zero-order valence-electron chi connectivity index (χ0n) is 20.3. The van der Waals surface area contributed by atoms with Crippen LogP contribution in [0.1, 0.15) is 40.9 Å². The minimum Gasteiger partial charge on any atom is -0.364 e. The average molecular weight is 513 g/mol. The molecular weight excluding hydrogens is 488 g/mol. The molecule has 1 amide bonds. The number of nitrogens with zero attached hydrogens (tertiary/aromatic N) is 3. The Bertz CT molecular complexity index is 1430. The van der Waals surface area contributed by atoms with Crippen molar-refractivity contribution < 1.29 is 14.7 Å². The second-order valence-electron chi connectivity index (χ2n) is 8.83. The van der Waals surface area contributed by atoms with E-state index in [4.69, 9.17) is 11.6 Å². The number of aliphatic imine (C=N–C) groups is 1. The SMILES string of the molecule is CC(C)(C(=O)c1cccnc1)c1cccnc1.O=C1Nc2ccc(Cl)cc2C(c2ccccc2)=NC1O. The van der Waals surface area contributed by atoms with Crippen molar-refractivity contribution in [3.63, 3.8) is 0 Å². The van der Waals surface area contributed by atoms with Crippen LogP contribution in [-0.4, -0.2) is 38.7 Å². The fraction of sp³-hybridized carbons (Fsp3) is 0.138. The van der Waals surface area contributed by atoms with Crippen LogP contribution in [0, 0.1) is 0 Å². The third kappa shape index (κ3) is 5.97. The highest BCUT2D eigenvalue weighted by molar-refractivity contribution is 6.32. The number of carbonyl (C=O) groups is 2. The topological polar surface area (TPSA) is 105 Å². The van der Waals surface area contributed by atoms with E-state index < -0.39 is 17.6 Å². The summed E-state index contributed by atoms with van der Waals surface area (Å²) >= 11 is 6.03. The van der Waals surface area contributed by atoms with E-state index in [2.05, 4.69) is 20.3 Å². The molecule has 1 atom stereocenters. The van der Waals surface area contributed by atoms with Crippen LogP contribution >= 0.6 is 11.6 Å². The molecule has 0 saturated carbocycles. The number of halogens is 1. The number of ketones is 1. The van der Waals surface area contributed by atoms with Gasteiger partial charge in [-0.1, -0.05) is 48.0 Å². The summed E-state index contributed by atoms with van der Waals surface area (Å²) in [5, 5.41) is 13.0. The van der Waals surface area contributed by atoms with E-state index in [-0.39, 0.29) is 5.78 Å². The van der Waals surface area contributed by atoms with E-state index in [0.717, 1.165) is 11.1 Å². The highest BCUT2D eigenvalue weighted by Gasteiger charge is 2.30. The number of hydrogen-bond donors (Lipinski definition) is 2. The van der Waals surface area contributed by atoms with Gasteiger partial charge < -0.3 is 10.4 Å². The number of rotatable bonds is 4. The number of aliphatic hydroxyl groups excluding tert-OH is 1. The van der Waals surface area contributed by atoms with Crippen LogP contribution in [0.5, 0.6) is 0 Å². The van der Waals surface area contributed by atoms with Gasteiger partial charge in [-0.15, -0.1) is 0 Å². The number of aromatic nitrogens is 2. The van der Waals surface area contributed by atoms with Crippen LogP contribution in [-0.2, 0) is 10.2 Å². The Balaban J connectivity index is 0.000000176. The summed E-state index contributed by atoms with van der Waals surface area (Å²) in [5.41, 5.74) is 3.57. The molecule has 4 aromatic rings. The number of nitrogens with one attached hydrogen (secondary N) is 1. The summed E-state index contributed by atoms with van der Waals surface area (Å²) < 4.78 is 0. The molecule has 37 heavy (non-hydrogen) atoms. The fourth-order valence-corrected chi connectivity index (χ4v) is 3.99. The first-order chi connectivity index (χ1) is 17.8. The summed E-state index contributed by atoms with van der Waals surface area (Å²) in [6, 6.07) is 21.8. The lowest BCUT2D eigenvalue weighted by Crippen LogP contribution is -2.29. The van der Waals surface area contributed by atoms with Crippen LogP contribution in [0.15, 0.2) is 103 Å². The molecule has 0 saturated heterocycles. The minimum atomic E-state index is -1.43. The van der Waals surface area contributed by atoms with Gasteiger partial charge >= 0.3 is 0 Å². The van der Waals surface area contributed by atoms with Gasteiger partial charge in [-0.2, -0.15) is 0 Å². The number of amides is 1. The van der Waals surface area contributed by atoms with Crippen molar-refractivity contribution in [1.29, 1.82) is 0 Å². The van der Waals surface area contributed by atoms with E-state index in [9.17, 15) is 14.7 Å². The Kier molecular flexibility index (Phi) is 7.86. The van der Waals surface area contributed by atoms with Gasteiger partial charge in [0, 0.05) is 46.5 Å². The molecule has 0 aliphatic carbocycles. The van der Waals surface area contributed by atoms with Crippen molar-refractivity contribution in [3.05, 3.63) is 125 Å². The van der Waals surface area contributed by atoms with Crippen LogP contribution in [0.25, 0.3) is 0 Å². The first-order valence-corrected chi connectivity index (χ1v) is 11.9. The first kappa shape index (κ1) is 25.9. The van der Waals surface area contributed by atoms with Gasteiger partial charge in [0.2, 0.25) is 6.23 Å². The van der Waals surface area contributed by atoms with Crippen LogP contribution in [0.4, 0.5) is 5.69 Å². The fourth-order valence-electron chi connectivity index (χ4n) is 3.82. The first-order valence-electron chi connectivity index (χ1n) is 11.5. The largest absolute Gasteiger partial charge is 0.364 e. The number of benzodiazepines with no additional fused rings is 1. The molecule has 0 fully saturated rings. The molecule has 0 radical (unpaired) electrons. The third-order valence-corrected chi connectivity index (χ3v) is 6.14. The maximum absolute atomic E-state index is 12.4. The lowest BCUT2D eigenvalue weighted by Gasteiger charge is -2.23. The van der Waals surface area contributed by atoms with Gasteiger partial charge in [0.25, 0.3) is 5.91 Å². The zero-order chi connectivity index (χ0) is 26.4. The molecule has 2 N–H and O–H groups in total. The second kappa shape index (κ2) is 11.2. The minimum absolute atomic E-state index is 0.0543. The molecule has 1 aliphatic rings. The molecule has 1 unspecified atom stereocenters. The summed E-state index contributed by atoms with van der Waals surface area (Å²) in [6.07, 6.45) is 5.26. The Morgan fingerprint density at radius 3 is 2.30 bits per heavy atom. The van der Waals surface area contributed by atoms with Gasteiger partial charge in [0.15, 0.2) is 5.78 Å². The number of pyridine rings is 2. The van der Waals surface area contributed by atoms with Crippen LogP contribution in [0.2, 0.25) is 5.02 Å². The van der Waals surface area contributed by atoms with Gasteiger partial charge in [-0.3, -0.25) is 19.6 Å². The molecule has 7 nitrogen and oxygen atoms in total. The molecule has 186 valence electrons. The molecule has 3 heterocycles. The van der Waals surface area contributed by atoms with Crippen molar-refractivity contribution in [1.82, 2.24) is 9.97 Å². The third-order valence-electron chi connectivity index (χ3n) is 5.90. The number of fused-ring (bicyclic) bond motifs is 1. The average Bonchev–Trinajstić information content (AvgIpc) is 3.05. The maximum atomic E-state index is 12.4. The van der Waals surface area contributed by atoms with Crippen molar-refractivity contribution in [3.8, 4) is 0 Å². The van der Waals surface area contributed by atoms with E-state index in [1.807, 2.05) is 56.3 Å². The van der Waals surface area contributed by atoms with Crippen LogP contribution in [0.3, 0.4) is 0 Å². The maximum Gasteiger partial charge on any atom is 0.276 e. The number of anilines is 1. The summed E-state index contributed by atoms with van der Waals surface area (Å²) in [7, 11) is 0. The standard InChI is InChI=1S/C15H11ClN2O2.C14H14N2O/c16-10-6-7-12-11(8-10)13(9-4-2-1-3-5-9)18-15(20)14(19)17-12;1-14(2,12-6-4-8-16-10-12)13(17)11-5-3-7-15-9-11/h1-8,15,20H,(H,17,19);3-10H,1-2H3. The Labute approximate surface area is 219 Å². The van der Waals surface area contributed by atoms with Crippen LogP contribution < -0.4 is 5.32 Å². The van der Waals surface area contributed by atoms with E-state index in [1.54, 1.807) is 55.1 Å². The number of benzene rings is 2. The summed E-state index contributed by atoms with van der Waals surface area (Å²) in [6.45, 7) is 3.80. The van der Waals surface area contributed by atoms with Gasteiger partial charge in [0.1, 0.15) is 0 Å². The smallest absolute Gasteiger partial charge is 0.276 e. The normalized spacial score (nSPS) is 14.8. The second-order valence-corrected chi connectivity index (χ2v) is 9.27. The molecule has 1 aliphatic heterocycles. The predicted octanol–water partition coefficient (Wildman–Crippen LogP) is 5.09. The van der Waals surface area contributed by atoms with Crippen molar-refractivity contribution in [2.75, 3.05) is 5.32 Å². The Hall–Kier alpha value is -4.20. The molecule has 2 aromatic heterocycles. The lowest BCUT2D eigenvalue weighted by atomic mass is 9.79. The predicted molar refractivity (Wildman–Crippen MR) is 144 cm³/mol. The summed E-state index contributed by atoms with van der Waals surface area (Å²) in [4.78, 5) is 36.3. The monoisotopic (exact) mass is 512 g/mol. The number of Topliss-reactive ketones (excluding diaryl/α,β-unsaturated/α-hetero) is 1. The molecule has 8 heteroatoms. The quantitative estimate of drug-likeness (QED) is 0.371. The van der Waals surface area contributed by atoms with Crippen molar-refractivity contribution in [2.24, 2.45) is 4.99 Å². The van der Waals surface area contributed by atoms with E-state index in [0.29, 0.717) is 27.5 Å². The molecular formula is C29H25ClN4O3. The van der Waals surface area contributed by atoms with E-state index >= 15 is 0 Å². The Morgan fingerprint density at radius 1 is 0.946 bits per heavy atom. The number of aliphatic hydroxyl groups is 1. The molecule has 5 rings (SSSR count). The molecule has 2 aromatic carbocycles. The number of carbonyl (C=O) groups excluding carboxylic acids is 2. The van der Waals surface area contributed by atoms with Crippen molar-refractivity contribution >= 4 is 34.7 Å². The zero-order valence-corrected chi connectivity index (χ0v) is 21.1. The summed E-state index contributed by atoms with van der Waals surface area (Å²) in [5.74, 6) is -0.502. The highest BCUT2D eigenvalue weighted by Crippen LogP contribution is 2.28. The number of hydrogen-bond acceptors (Lipinski definition) is 6. The van der Waals surface area contributed by atoms with Gasteiger partial charge in [0.05, 0.1) is 16.8 Å². The Morgan fingerprint density at radius 2 is 1.65 bits per heavy atom. The van der Waals surface area contributed by atoms with Gasteiger partial charge in [-0.05, 0) is 55.8 Å². The van der Waals surface area contributed by atoms with E-state index in [1.165, 1.54) is 0 Å². The highest BCUT2D eigenvalue weighted by atomic mass is 35.5. The molecule has 0 bridgehead atoms.